The van der Waals surface area contributed by atoms with Gasteiger partial charge in [0.05, 0.1) is 7.11 Å². The van der Waals surface area contributed by atoms with Crippen molar-refractivity contribution >= 4 is 17.7 Å². The molecular weight excluding hydrogens is 356 g/mol. The molecule has 6 nitrogen and oxygen atoms in total. The summed E-state index contributed by atoms with van der Waals surface area (Å²) < 4.78 is 9.52. The van der Waals surface area contributed by atoms with Crippen molar-refractivity contribution in [3.63, 3.8) is 0 Å². The third-order valence-corrected chi connectivity index (χ3v) is 5.05. The van der Waals surface area contributed by atoms with Gasteiger partial charge in [0, 0.05) is 24.7 Å². The molecule has 0 aliphatic carbocycles. The zero-order chi connectivity index (χ0) is 20.3. The van der Waals surface area contributed by atoms with Crippen LogP contribution in [-0.4, -0.2) is 25.7 Å². The molecule has 2 aromatic carbocycles. The molecule has 148 valence electrons. The third-order valence-electron chi connectivity index (χ3n) is 5.05. The van der Waals surface area contributed by atoms with Crippen LogP contribution in [0, 0.1) is 12.8 Å². The summed E-state index contributed by atoms with van der Waals surface area (Å²) in [7, 11) is 1.25. The van der Waals surface area contributed by atoms with Crippen LogP contribution in [0.1, 0.15) is 36.1 Å². The number of amides is 1. The second-order valence-corrected chi connectivity index (χ2v) is 7.33. The first-order valence-corrected chi connectivity index (χ1v) is 9.39. The highest BCUT2D eigenvalue weighted by molar-refractivity contribution is 5.95. The molecule has 1 aliphatic heterocycles. The molecule has 3 rings (SSSR count). The van der Waals surface area contributed by atoms with Gasteiger partial charge in [-0.25, -0.2) is 4.79 Å². The van der Waals surface area contributed by atoms with Crippen molar-refractivity contribution in [3.8, 4) is 5.75 Å². The smallest absolute Gasteiger partial charge is 0.437 e. The number of anilines is 1. The number of benzene rings is 2. The van der Waals surface area contributed by atoms with E-state index in [1.807, 2.05) is 30.0 Å². The second-order valence-electron chi connectivity index (χ2n) is 7.33. The quantitative estimate of drug-likeness (QED) is 0.643. The van der Waals surface area contributed by atoms with Crippen molar-refractivity contribution in [2.75, 3.05) is 18.6 Å². The van der Waals surface area contributed by atoms with Gasteiger partial charge in [-0.3, -0.25) is 4.79 Å². The lowest BCUT2D eigenvalue weighted by molar-refractivity contribution is -0.119. The number of fused-ring (bicyclic) bond motifs is 1. The fourth-order valence-electron chi connectivity index (χ4n) is 3.71. The number of para-hydroxylation sites is 1. The Morgan fingerprint density at radius 3 is 2.71 bits per heavy atom. The van der Waals surface area contributed by atoms with E-state index in [2.05, 4.69) is 17.7 Å². The standard InChI is InChI=1S/C22H26N2O4/c1-14-10-16-6-4-5-7-20(16)24(13-14)21(25)12-19(23)18-9-8-17(11-15(18)2)28-22(26)27-3/h4-9,11,14,19H,10,12-13,23H2,1-3H3. The predicted octanol–water partition coefficient (Wildman–Crippen LogP) is 3.76. The second kappa shape index (κ2) is 8.44. The number of hydrogen-bond acceptors (Lipinski definition) is 5. The van der Waals surface area contributed by atoms with E-state index >= 15 is 0 Å². The molecule has 2 unspecified atom stereocenters. The van der Waals surface area contributed by atoms with Gasteiger partial charge in [0.2, 0.25) is 5.91 Å². The molecule has 2 atom stereocenters. The third kappa shape index (κ3) is 4.34. The van der Waals surface area contributed by atoms with Crippen molar-refractivity contribution in [2.24, 2.45) is 11.7 Å². The SMILES string of the molecule is COC(=O)Oc1ccc(C(N)CC(=O)N2CC(C)Cc3ccccc32)c(C)c1. The molecule has 0 radical (unpaired) electrons. The molecule has 2 aromatic rings. The van der Waals surface area contributed by atoms with Gasteiger partial charge in [-0.1, -0.05) is 31.2 Å². The van der Waals surface area contributed by atoms with Crippen LogP contribution < -0.4 is 15.4 Å². The van der Waals surface area contributed by atoms with Crippen LogP contribution in [0.3, 0.4) is 0 Å². The molecule has 0 saturated heterocycles. The molecule has 1 aliphatic rings. The van der Waals surface area contributed by atoms with Crippen LogP contribution in [0.5, 0.6) is 5.75 Å². The van der Waals surface area contributed by atoms with E-state index in [0.29, 0.717) is 18.2 Å². The van der Waals surface area contributed by atoms with Crippen molar-refractivity contribution in [1.82, 2.24) is 0 Å². The summed E-state index contributed by atoms with van der Waals surface area (Å²) in [5, 5.41) is 0. The number of nitrogens with two attached hydrogens (primary N) is 1. The van der Waals surface area contributed by atoms with Gasteiger partial charge in [-0.2, -0.15) is 0 Å². The number of rotatable bonds is 4. The van der Waals surface area contributed by atoms with Gasteiger partial charge < -0.3 is 20.1 Å². The maximum Gasteiger partial charge on any atom is 0.513 e. The van der Waals surface area contributed by atoms with Gasteiger partial charge in [-0.05, 0) is 54.2 Å². The monoisotopic (exact) mass is 382 g/mol. The summed E-state index contributed by atoms with van der Waals surface area (Å²) in [6.45, 7) is 4.73. The highest BCUT2D eigenvalue weighted by atomic mass is 16.7. The molecular formula is C22H26N2O4. The summed E-state index contributed by atoms with van der Waals surface area (Å²) in [5.74, 6) is 0.803. The van der Waals surface area contributed by atoms with Crippen LogP contribution in [-0.2, 0) is 16.0 Å². The zero-order valence-corrected chi connectivity index (χ0v) is 16.5. The number of methoxy groups -OCH3 is 1. The summed E-state index contributed by atoms with van der Waals surface area (Å²) in [6.07, 6.45) is 0.413. The van der Waals surface area contributed by atoms with E-state index in [4.69, 9.17) is 10.5 Å². The first-order chi connectivity index (χ1) is 13.4. The molecule has 1 heterocycles. The van der Waals surface area contributed by atoms with Crippen molar-refractivity contribution in [1.29, 1.82) is 0 Å². The van der Waals surface area contributed by atoms with Crippen LogP contribution in [0.4, 0.5) is 10.5 Å². The predicted molar refractivity (Wildman–Crippen MR) is 107 cm³/mol. The minimum atomic E-state index is -0.774. The molecule has 0 spiro atoms. The number of hydrogen-bond donors (Lipinski definition) is 1. The Labute approximate surface area is 165 Å². The highest BCUT2D eigenvalue weighted by Gasteiger charge is 2.27. The summed E-state index contributed by atoms with van der Waals surface area (Å²) in [5.41, 5.74) is 10.2. The van der Waals surface area contributed by atoms with Crippen molar-refractivity contribution in [2.45, 2.75) is 32.7 Å². The zero-order valence-electron chi connectivity index (χ0n) is 16.5. The average Bonchev–Trinajstić information content (AvgIpc) is 2.67. The van der Waals surface area contributed by atoms with E-state index in [1.165, 1.54) is 12.7 Å². The van der Waals surface area contributed by atoms with Gasteiger partial charge in [-0.15, -0.1) is 0 Å². The molecule has 0 saturated carbocycles. The Kier molecular flexibility index (Phi) is 5.99. The Bertz CT molecular complexity index is 881. The number of carbonyl (C=O) groups is 2. The number of aryl methyl sites for hydroxylation is 1. The Hall–Kier alpha value is -2.86. The fourth-order valence-corrected chi connectivity index (χ4v) is 3.71. The minimum Gasteiger partial charge on any atom is -0.437 e. The van der Waals surface area contributed by atoms with Crippen LogP contribution in [0.2, 0.25) is 0 Å². The normalized spacial score (nSPS) is 16.9. The maximum absolute atomic E-state index is 13.0. The number of ether oxygens (including phenoxy) is 2. The van der Waals surface area contributed by atoms with Gasteiger partial charge in [0.25, 0.3) is 0 Å². The summed E-state index contributed by atoms with van der Waals surface area (Å²) in [4.78, 5) is 26.1. The van der Waals surface area contributed by atoms with Crippen molar-refractivity contribution in [3.05, 3.63) is 59.2 Å². The number of carbonyl (C=O) groups excluding carboxylic acids is 2. The summed E-state index contributed by atoms with van der Waals surface area (Å²) >= 11 is 0. The lowest BCUT2D eigenvalue weighted by Crippen LogP contribution is -2.40. The minimum absolute atomic E-state index is 0.0146. The van der Waals surface area contributed by atoms with Crippen LogP contribution >= 0.6 is 0 Å². The Morgan fingerprint density at radius 1 is 1.25 bits per heavy atom. The van der Waals surface area contributed by atoms with E-state index in [1.54, 1.807) is 18.2 Å². The van der Waals surface area contributed by atoms with Gasteiger partial charge >= 0.3 is 6.16 Å². The summed E-state index contributed by atoms with van der Waals surface area (Å²) in [6, 6.07) is 12.8. The van der Waals surface area contributed by atoms with Gasteiger partial charge in [0.15, 0.2) is 0 Å². The molecule has 2 N–H and O–H groups in total. The van der Waals surface area contributed by atoms with Crippen LogP contribution in [0.25, 0.3) is 0 Å². The molecule has 28 heavy (non-hydrogen) atoms. The van der Waals surface area contributed by atoms with E-state index < -0.39 is 12.2 Å². The highest BCUT2D eigenvalue weighted by Crippen LogP contribution is 2.31. The molecule has 0 bridgehead atoms. The van der Waals surface area contributed by atoms with E-state index in [9.17, 15) is 9.59 Å². The molecule has 0 aromatic heterocycles. The van der Waals surface area contributed by atoms with Crippen molar-refractivity contribution < 1.29 is 19.1 Å². The van der Waals surface area contributed by atoms with E-state index in [-0.39, 0.29) is 12.3 Å². The largest absolute Gasteiger partial charge is 0.513 e. The maximum atomic E-state index is 13.0. The van der Waals surface area contributed by atoms with E-state index in [0.717, 1.165) is 23.2 Å². The Balaban J connectivity index is 1.73. The average molecular weight is 382 g/mol. The van der Waals surface area contributed by atoms with Gasteiger partial charge in [0.1, 0.15) is 5.75 Å². The Morgan fingerprint density at radius 2 is 2.00 bits per heavy atom. The first kappa shape index (κ1) is 19.9. The lowest BCUT2D eigenvalue weighted by atomic mass is 9.92. The molecule has 6 heteroatoms. The topological polar surface area (TPSA) is 81.9 Å². The lowest BCUT2D eigenvalue weighted by Gasteiger charge is -2.34. The first-order valence-electron chi connectivity index (χ1n) is 9.39. The number of nitrogens with zero attached hydrogens (tertiary/aromatic N) is 1. The molecule has 0 fully saturated rings. The molecule has 1 amide bonds. The van der Waals surface area contributed by atoms with Crippen LogP contribution in [0.15, 0.2) is 42.5 Å². The fraction of sp³-hybridized carbons (Fsp3) is 0.364.